The Morgan fingerprint density at radius 3 is 2.37 bits per heavy atom. The number of amides is 1. The van der Waals surface area contributed by atoms with Crippen molar-refractivity contribution in [3.8, 4) is 0 Å². The number of benzene rings is 1. The van der Waals surface area contributed by atoms with Crippen molar-refractivity contribution in [1.82, 2.24) is 10.2 Å². The summed E-state index contributed by atoms with van der Waals surface area (Å²) in [5.74, 6) is 0.119. The molecular weight excluding hydrogens is 402 g/mol. The largest absolute Gasteiger partial charge is 0.416 e. The van der Waals surface area contributed by atoms with E-state index in [2.05, 4.69) is 10.2 Å². The number of likely N-dealkylation sites (tertiary alicyclic amines) is 1. The maximum Gasteiger partial charge on any atom is 0.416 e. The molecule has 1 aliphatic carbocycles. The Morgan fingerprint density at radius 1 is 1.15 bits per heavy atom. The summed E-state index contributed by atoms with van der Waals surface area (Å²) >= 11 is 0. The van der Waals surface area contributed by atoms with Crippen LogP contribution in [0, 0.1) is 5.92 Å². The van der Waals surface area contributed by atoms with Crippen molar-refractivity contribution in [1.29, 1.82) is 0 Å². The molecule has 1 aromatic carbocycles. The molecule has 1 aromatic rings. The van der Waals surface area contributed by atoms with Gasteiger partial charge in [0, 0.05) is 37.6 Å². The summed E-state index contributed by atoms with van der Waals surface area (Å²) in [7, 11) is 0. The highest BCUT2D eigenvalue weighted by molar-refractivity contribution is 5.85. The number of nitrogens with one attached hydrogen (secondary N) is 1. The van der Waals surface area contributed by atoms with E-state index in [0.29, 0.717) is 6.54 Å². The molecule has 4 nitrogen and oxygen atoms in total. The van der Waals surface area contributed by atoms with Gasteiger partial charge in [0.1, 0.15) is 0 Å². The molecule has 9 heteroatoms. The molecule has 0 radical (unpaired) electrons. The first-order chi connectivity index (χ1) is 11.8. The Bertz CT molecular complexity index is 613. The van der Waals surface area contributed by atoms with Crippen LogP contribution in [0.1, 0.15) is 36.8 Å². The number of hydrogen-bond donors (Lipinski definition) is 2. The second-order valence-corrected chi connectivity index (χ2v) is 7.19. The fourth-order valence-electron chi connectivity index (χ4n) is 3.72. The van der Waals surface area contributed by atoms with E-state index < -0.39 is 11.7 Å². The lowest BCUT2D eigenvalue weighted by Crippen LogP contribution is -2.40. The summed E-state index contributed by atoms with van der Waals surface area (Å²) in [6, 6.07) is 5.53. The molecule has 1 amide bonds. The van der Waals surface area contributed by atoms with Gasteiger partial charge >= 0.3 is 6.18 Å². The minimum Gasteiger partial charge on any atom is -0.352 e. The second-order valence-electron chi connectivity index (χ2n) is 7.19. The van der Waals surface area contributed by atoms with E-state index >= 15 is 0 Å². The average Bonchev–Trinajstić information content (AvgIpc) is 3.16. The highest BCUT2D eigenvalue weighted by Gasteiger charge is 2.32. The number of nitrogens with two attached hydrogens (primary N) is 1. The van der Waals surface area contributed by atoms with Gasteiger partial charge in [0.25, 0.3) is 0 Å². The second kappa shape index (κ2) is 9.96. The molecule has 3 N–H and O–H groups in total. The lowest BCUT2D eigenvalue weighted by molar-refractivity contribution is -0.137. The fourth-order valence-corrected chi connectivity index (χ4v) is 3.72. The summed E-state index contributed by atoms with van der Waals surface area (Å²) in [6.45, 7) is 2.15. The van der Waals surface area contributed by atoms with Crippen molar-refractivity contribution in [3.63, 3.8) is 0 Å². The van der Waals surface area contributed by atoms with Crippen LogP contribution in [0.3, 0.4) is 0 Å². The molecule has 1 saturated heterocycles. The molecule has 3 atom stereocenters. The number of carbonyl (C=O) groups excluding carboxylic acids is 1. The standard InChI is InChI=1S/C18H24F3N3O.2ClH/c19-18(20,21)14-4-1-12(2-5-14)10-24-8-7-16(11-24)23-17(25)13-3-6-15(22)9-13;;/h1-2,4-5,13,15-16H,3,6-11,22H2,(H,23,25);2*1H. The molecule has 27 heavy (non-hydrogen) atoms. The van der Waals surface area contributed by atoms with Gasteiger partial charge < -0.3 is 11.1 Å². The highest BCUT2D eigenvalue weighted by Crippen LogP contribution is 2.29. The molecule has 0 aromatic heterocycles. The highest BCUT2D eigenvalue weighted by atomic mass is 35.5. The summed E-state index contributed by atoms with van der Waals surface area (Å²) in [6.07, 6.45) is -0.916. The van der Waals surface area contributed by atoms with Crippen LogP contribution in [0.25, 0.3) is 0 Å². The van der Waals surface area contributed by atoms with Gasteiger partial charge in [0.2, 0.25) is 5.91 Å². The van der Waals surface area contributed by atoms with Crippen LogP contribution in [0.15, 0.2) is 24.3 Å². The normalized spacial score (nSPS) is 25.6. The van der Waals surface area contributed by atoms with E-state index in [1.807, 2.05) is 0 Å². The molecule has 3 rings (SSSR count). The van der Waals surface area contributed by atoms with E-state index in [1.165, 1.54) is 12.1 Å². The summed E-state index contributed by atoms with van der Waals surface area (Å²) < 4.78 is 37.8. The smallest absolute Gasteiger partial charge is 0.352 e. The fraction of sp³-hybridized carbons (Fsp3) is 0.611. The van der Waals surface area contributed by atoms with Crippen molar-refractivity contribution >= 4 is 30.7 Å². The minimum atomic E-state index is -4.30. The maximum atomic E-state index is 12.6. The lowest BCUT2D eigenvalue weighted by atomic mass is 10.1. The molecule has 3 unspecified atom stereocenters. The van der Waals surface area contributed by atoms with Crippen LogP contribution in [0.5, 0.6) is 0 Å². The molecule has 0 spiro atoms. The molecule has 1 saturated carbocycles. The average molecular weight is 428 g/mol. The lowest BCUT2D eigenvalue weighted by Gasteiger charge is -2.18. The third-order valence-corrected chi connectivity index (χ3v) is 5.15. The first kappa shape index (κ1) is 24.0. The molecule has 0 bridgehead atoms. The zero-order chi connectivity index (χ0) is 18.0. The van der Waals surface area contributed by atoms with Crippen LogP contribution in [0.2, 0.25) is 0 Å². The van der Waals surface area contributed by atoms with E-state index in [4.69, 9.17) is 5.73 Å². The topological polar surface area (TPSA) is 58.4 Å². The van der Waals surface area contributed by atoms with Crippen molar-refractivity contribution in [2.45, 2.75) is 50.5 Å². The van der Waals surface area contributed by atoms with Gasteiger partial charge in [-0.2, -0.15) is 13.2 Å². The Balaban J connectivity index is 0.00000182. The number of hydrogen-bond acceptors (Lipinski definition) is 3. The minimum absolute atomic E-state index is 0. The van der Waals surface area contributed by atoms with Gasteiger partial charge in [-0.05, 0) is 43.4 Å². The van der Waals surface area contributed by atoms with Crippen LogP contribution in [-0.2, 0) is 17.5 Å². The van der Waals surface area contributed by atoms with Crippen molar-refractivity contribution < 1.29 is 18.0 Å². The van der Waals surface area contributed by atoms with E-state index in [1.54, 1.807) is 0 Å². The Kier molecular flexibility index (Phi) is 8.86. The van der Waals surface area contributed by atoms with Gasteiger partial charge in [-0.25, -0.2) is 0 Å². The molecule has 1 heterocycles. The molecule has 1 aliphatic heterocycles. The first-order valence-electron chi connectivity index (χ1n) is 8.75. The Labute approximate surface area is 169 Å². The predicted molar refractivity (Wildman–Crippen MR) is 103 cm³/mol. The van der Waals surface area contributed by atoms with E-state index in [0.717, 1.165) is 56.5 Å². The summed E-state index contributed by atoms with van der Waals surface area (Å²) in [5.41, 5.74) is 6.08. The maximum absolute atomic E-state index is 12.6. The zero-order valence-corrected chi connectivity index (χ0v) is 16.5. The van der Waals surface area contributed by atoms with Crippen LogP contribution >= 0.6 is 24.8 Å². The summed E-state index contributed by atoms with van der Waals surface area (Å²) in [5, 5.41) is 3.10. The quantitative estimate of drug-likeness (QED) is 0.774. The third kappa shape index (κ3) is 6.52. The Morgan fingerprint density at radius 2 is 1.81 bits per heavy atom. The van der Waals surface area contributed by atoms with Gasteiger partial charge in [-0.1, -0.05) is 12.1 Å². The van der Waals surface area contributed by atoms with Crippen molar-refractivity contribution in [2.75, 3.05) is 13.1 Å². The number of halogens is 5. The van der Waals surface area contributed by atoms with Gasteiger partial charge in [-0.3, -0.25) is 9.69 Å². The van der Waals surface area contributed by atoms with Crippen LogP contribution in [0.4, 0.5) is 13.2 Å². The monoisotopic (exact) mass is 427 g/mol. The number of carbonyl (C=O) groups is 1. The SMILES string of the molecule is Cl.Cl.NC1CCC(C(=O)NC2CCN(Cc3ccc(C(F)(F)F)cc3)C2)C1. The zero-order valence-electron chi connectivity index (χ0n) is 14.9. The first-order valence-corrected chi connectivity index (χ1v) is 8.75. The number of nitrogens with zero attached hydrogens (tertiary/aromatic N) is 1. The third-order valence-electron chi connectivity index (χ3n) is 5.15. The number of rotatable bonds is 4. The predicted octanol–water partition coefficient (Wildman–Crippen LogP) is 3.37. The van der Waals surface area contributed by atoms with Crippen LogP contribution in [-0.4, -0.2) is 36.0 Å². The van der Waals surface area contributed by atoms with E-state index in [9.17, 15) is 18.0 Å². The Hall–Kier alpha value is -1.02. The molecular formula is C18H26Cl2F3N3O. The number of alkyl halides is 3. The van der Waals surface area contributed by atoms with Crippen LogP contribution < -0.4 is 11.1 Å². The van der Waals surface area contributed by atoms with Crippen molar-refractivity contribution in [3.05, 3.63) is 35.4 Å². The molecule has 2 aliphatic rings. The van der Waals surface area contributed by atoms with Crippen molar-refractivity contribution in [2.24, 2.45) is 11.7 Å². The van der Waals surface area contributed by atoms with Gasteiger partial charge in [0.05, 0.1) is 5.56 Å². The van der Waals surface area contributed by atoms with Gasteiger partial charge in [0.15, 0.2) is 0 Å². The van der Waals surface area contributed by atoms with E-state index in [-0.39, 0.29) is 48.7 Å². The molecule has 154 valence electrons. The summed E-state index contributed by atoms with van der Waals surface area (Å²) in [4.78, 5) is 14.4. The van der Waals surface area contributed by atoms with Gasteiger partial charge in [-0.15, -0.1) is 24.8 Å². The molecule has 2 fully saturated rings.